The number of rotatable bonds is 8. The molecular weight excluding hydrogens is 258 g/mol. The van der Waals surface area contributed by atoms with Crippen molar-refractivity contribution in [3.05, 3.63) is 29.8 Å². The quantitative estimate of drug-likeness (QED) is 0.697. The van der Waals surface area contributed by atoms with Crippen LogP contribution in [0.5, 0.6) is 5.75 Å². The Hall–Kier alpha value is -1.02. The van der Waals surface area contributed by atoms with Crippen molar-refractivity contribution in [1.82, 2.24) is 5.32 Å². The summed E-state index contributed by atoms with van der Waals surface area (Å²) in [5, 5.41) is 3.55. The monoisotopic (exact) mass is 289 g/mol. The Morgan fingerprint density at radius 1 is 1.14 bits per heavy atom. The van der Waals surface area contributed by atoms with Crippen LogP contribution in [0.1, 0.15) is 64.9 Å². The average Bonchev–Trinajstić information content (AvgIpc) is 2.40. The second kappa shape index (κ2) is 7.31. The number of nitrogens with one attached hydrogen (secondary N) is 1. The summed E-state index contributed by atoms with van der Waals surface area (Å²) in [5.74, 6) is 2.32. The lowest BCUT2D eigenvalue weighted by Gasteiger charge is -2.43. The number of ether oxygens (including phenoxy) is 1. The van der Waals surface area contributed by atoms with Crippen molar-refractivity contribution < 1.29 is 4.74 Å². The Kier molecular flexibility index (Phi) is 5.69. The Bertz CT molecular complexity index is 435. The summed E-state index contributed by atoms with van der Waals surface area (Å²) in [5.41, 5.74) is 1.41. The van der Waals surface area contributed by atoms with Gasteiger partial charge in [-0.15, -0.1) is 0 Å². The van der Waals surface area contributed by atoms with E-state index in [1.807, 2.05) is 0 Å². The molecule has 0 unspecified atom stereocenters. The van der Waals surface area contributed by atoms with Crippen molar-refractivity contribution in [1.29, 1.82) is 0 Å². The molecule has 118 valence electrons. The predicted molar refractivity (Wildman–Crippen MR) is 90.1 cm³/mol. The van der Waals surface area contributed by atoms with Crippen molar-refractivity contribution in [2.75, 3.05) is 13.1 Å². The largest absolute Gasteiger partial charge is 0.487 e. The predicted octanol–water partition coefficient (Wildman–Crippen LogP) is 4.75. The maximum Gasteiger partial charge on any atom is 0.123 e. The van der Waals surface area contributed by atoms with Crippen LogP contribution in [-0.2, 0) is 0 Å². The van der Waals surface area contributed by atoms with E-state index in [9.17, 15) is 0 Å². The van der Waals surface area contributed by atoms with Gasteiger partial charge in [0.15, 0.2) is 0 Å². The molecule has 0 radical (unpaired) electrons. The molecule has 1 aliphatic carbocycles. The summed E-state index contributed by atoms with van der Waals surface area (Å²) < 4.78 is 6.50. The molecule has 0 aromatic heterocycles. The van der Waals surface area contributed by atoms with Crippen LogP contribution in [0.4, 0.5) is 0 Å². The lowest BCUT2D eigenvalue weighted by molar-refractivity contribution is -0.0152. The molecule has 1 N–H and O–H groups in total. The molecule has 1 aromatic rings. The summed E-state index contributed by atoms with van der Waals surface area (Å²) >= 11 is 0. The molecule has 0 amide bonds. The van der Waals surface area contributed by atoms with Crippen LogP contribution < -0.4 is 10.1 Å². The Morgan fingerprint density at radius 3 is 2.43 bits per heavy atom. The zero-order valence-corrected chi connectivity index (χ0v) is 14.1. The van der Waals surface area contributed by atoms with Gasteiger partial charge in [0.25, 0.3) is 0 Å². The number of hydrogen-bond acceptors (Lipinski definition) is 2. The standard InChI is InChI=1S/C19H31NO/c1-15(2)14-20-13-12-19(10-7-11-19)21-18-9-6-5-8-17(18)16(3)4/h5-6,8-9,15-16,20H,7,10-14H2,1-4H3. The molecule has 0 spiro atoms. The smallest absolute Gasteiger partial charge is 0.123 e. The first-order valence-corrected chi connectivity index (χ1v) is 8.51. The van der Waals surface area contributed by atoms with Crippen molar-refractivity contribution in [2.24, 2.45) is 5.92 Å². The molecule has 2 heteroatoms. The van der Waals surface area contributed by atoms with Crippen molar-refractivity contribution in [3.63, 3.8) is 0 Å². The first kappa shape index (κ1) is 16.4. The molecule has 2 rings (SSSR count). The average molecular weight is 289 g/mol. The van der Waals surface area contributed by atoms with Gasteiger partial charge in [-0.1, -0.05) is 45.9 Å². The third kappa shape index (κ3) is 4.47. The van der Waals surface area contributed by atoms with Crippen LogP contribution in [0.15, 0.2) is 24.3 Å². The Labute approximate surface area is 130 Å². The van der Waals surface area contributed by atoms with E-state index in [0.29, 0.717) is 11.8 Å². The molecule has 0 aliphatic heterocycles. The van der Waals surface area contributed by atoms with Crippen molar-refractivity contribution in [3.8, 4) is 5.75 Å². The lowest BCUT2D eigenvalue weighted by atomic mass is 9.77. The van der Waals surface area contributed by atoms with Gasteiger partial charge < -0.3 is 10.1 Å². The third-order valence-corrected chi connectivity index (χ3v) is 4.44. The van der Waals surface area contributed by atoms with Gasteiger partial charge in [-0.2, -0.15) is 0 Å². The van der Waals surface area contributed by atoms with Crippen LogP contribution in [0, 0.1) is 5.92 Å². The van der Waals surface area contributed by atoms with Gasteiger partial charge in [0.05, 0.1) is 0 Å². The zero-order valence-electron chi connectivity index (χ0n) is 14.1. The number of benzene rings is 1. The van der Waals surface area contributed by atoms with Crippen molar-refractivity contribution in [2.45, 2.75) is 64.9 Å². The highest BCUT2D eigenvalue weighted by Gasteiger charge is 2.39. The van der Waals surface area contributed by atoms with Gasteiger partial charge in [0, 0.05) is 0 Å². The molecule has 21 heavy (non-hydrogen) atoms. The molecular formula is C19H31NO. The summed E-state index contributed by atoms with van der Waals surface area (Å²) in [6.07, 6.45) is 4.81. The fraction of sp³-hybridized carbons (Fsp3) is 0.684. The molecule has 0 saturated heterocycles. The van der Waals surface area contributed by atoms with Gasteiger partial charge in [-0.3, -0.25) is 0 Å². The fourth-order valence-electron chi connectivity index (χ4n) is 2.96. The fourth-order valence-corrected chi connectivity index (χ4v) is 2.96. The summed E-state index contributed by atoms with van der Waals surface area (Å²) in [4.78, 5) is 0. The maximum atomic E-state index is 6.50. The van der Waals surface area contributed by atoms with Crippen molar-refractivity contribution >= 4 is 0 Å². The zero-order chi connectivity index (χ0) is 15.3. The van der Waals surface area contributed by atoms with Crippen LogP contribution >= 0.6 is 0 Å². The molecule has 1 saturated carbocycles. The SMILES string of the molecule is CC(C)CNCCC1(Oc2ccccc2C(C)C)CCC1. The Balaban J connectivity index is 1.95. The normalized spacial score (nSPS) is 17.0. The molecule has 1 aromatic carbocycles. The molecule has 1 fully saturated rings. The summed E-state index contributed by atoms with van der Waals surface area (Å²) in [6, 6.07) is 8.53. The Morgan fingerprint density at radius 2 is 1.86 bits per heavy atom. The van der Waals surface area contributed by atoms with E-state index in [0.717, 1.165) is 25.3 Å². The van der Waals surface area contributed by atoms with Crippen LogP contribution in [0.25, 0.3) is 0 Å². The number of hydrogen-bond donors (Lipinski definition) is 1. The van der Waals surface area contributed by atoms with Gasteiger partial charge >= 0.3 is 0 Å². The number of para-hydroxylation sites is 1. The summed E-state index contributed by atoms with van der Waals surface area (Å²) in [7, 11) is 0. The molecule has 2 nitrogen and oxygen atoms in total. The molecule has 0 atom stereocenters. The van der Waals surface area contributed by atoms with Gasteiger partial charge in [0.2, 0.25) is 0 Å². The van der Waals surface area contributed by atoms with E-state index in [2.05, 4.69) is 57.3 Å². The van der Waals surface area contributed by atoms with E-state index in [1.165, 1.54) is 24.8 Å². The highest BCUT2D eigenvalue weighted by atomic mass is 16.5. The summed E-state index contributed by atoms with van der Waals surface area (Å²) in [6.45, 7) is 11.1. The van der Waals surface area contributed by atoms with Gasteiger partial charge in [0.1, 0.15) is 11.4 Å². The minimum Gasteiger partial charge on any atom is -0.487 e. The molecule has 0 bridgehead atoms. The first-order chi connectivity index (χ1) is 10.0. The molecule has 1 aliphatic rings. The minimum atomic E-state index is 0.0783. The lowest BCUT2D eigenvalue weighted by Crippen LogP contribution is -2.45. The minimum absolute atomic E-state index is 0.0783. The van der Waals surface area contributed by atoms with E-state index in [1.54, 1.807) is 0 Å². The van der Waals surface area contributed by atoms with E-state index in [-0.39, 0.29) is 5.60 Å². The molecule has 0 heterocycles. The highest BCUT2D eigenvalue weighted by Crippen LogP contribution is 2.41. The third-order valence-electron chi connectivity index (χ3n) is 4.44. The first-order valence-electron chi connectivity index (χ1n) is 8.51. The van der Waals surface area contributed by atoms with Gasteiger partial charge in [-0.25, -0.2) is 0 Å². The van der Waals surface area contributed by atoms with Crippen LogP contribution in [0.2, 0.25) is 0 Å². The van der Waals surface area contributed by atoms with E-state index >= 15 is 0 Å². The van der Waals surface area contributed by atoms with Crippen LogP contribution in [0.3, 0.4) is 0 Å². The van der Waals surface area contributed by atoms with Gasteiger partial charge in [-0.05, 0) is 62.2 Å². The van der Waals surface area contributed by atoms with E-state index < -0.39 is 0 Å². The topological polar surface area (TPSA) is 21.3 Å². The second-order valence-corrected chi connectivity index (χ2v) is 7.18. The van der Waals surface area contributed by atoms with E-state index in [4.69, 9.17) is 4.74 Å². The second-order valence-electron chi connectivity index (χ2n) is 7.18. The van der Waals surface area contributed by atoms with Crippen LogP contribution in [-0.4, -0.2) is 18.7 Å². The maximum absolute atomic E-state index is 6.50. The highest BCUT2D eigenvalue weighted by molar-refractivity contribution is 5.36.